The van der Waals surface area contributed by atoms with Gasteiger partial charge < -0.3 is 19.9 Å². The first-order chi connectivity index (χ1) is 8.87. The van der Waals surface area contributed by atoms with Crippen molar-refractivity contribution in [3.63, 3.8) is 0 Å². The number of rotatable bonds is 6. The molecule has 0 saturated heterocycles. The molecule has 19 heavy (non-hydrogen) atoms. The number of carbonyl (C=O) groups is 1. The van der Waals surface area contributed by atoms with Crippen molar-refractivity contribution >= 4 is 11.7 Å². The maximum absolute atomic E-state index is 11.7. The third-order valence-corrected chi connectivity index (χ3v) is 1.78. The zero-order valence-electron chi connectivity index (χ0n) is 9.77. The van der Waals surface area contributed by atoms with Crippen LogP contribution in [0.1, 0.15) is 0 Å². The number of carbonyl (C=O) groups excluding carboxylic acids is 1. The molecule has 8 heteroatoms. The van der Waals surface area contributed by atoms with Crippen LogP contribution >= 0.6 is 0 Å². The zero-order chi connectivity index (χ0) is 14.3. The summed E-state index contributed by atoms with van der Waals surface area (Å²) in [4.78, 5) is 11.1. The van der Waals surface area contributed by atoms with Crippen LogP contribution in [0.2, 0.25) is 0 Å². The van der Waals surface area contributed by atoms with Crippen molar-refractivity contribution in [3.05, 3.63) is 24.3 Å². The Morgan fingerprint density at radius 2 is 2.05 bits per heavy atom. The number of alkyl halides is 3. The summed E-state index contributed by atoms with van der Waals surface area (Å²) in [7, 11) is 0. The molecule has 0 unspecified atom stereocenters. The predicted octanol–water partition coefficient (Wildman–Crippen LogP) is 1.73. The van der Waals surface area contributed by atoms with E-state index in [1.807, 2.05) is 0 Å². The highest BCUT2D eigenvalue weighted by Gasteiger charge is 2.27. The zero-order valence-corrected chi connectivity index (χ0v) is 9.77. The lowest BCUT2D eigenvalue weighted by Gasteiger charge is -2.09. The summed E-state index contributed by atoms with van der Waals surface area (Å²) in [5, 5.41) is 0. The molecule has 2 N–H and O–H groups in total. The van der Waals surface area contributed by atoms with Gasteiger partial charge in [-0.25, -0.2) is 4.79 Å². The Labute approximate surface area is 107 Å². The molecule has 0 heterocycles. The van der Waals surface area contributed by atoms with Gasteiger partial charge in [0.1, 0.15) is 12.4 Å². The van der Waals surface area contributed by atoms with Crippen molar-refractivity contribution in [2.24, 2.45) is 0 Å². The number of esters is 1. The van der Waals surface area contributed by atoms with E-state index < -0.39 is 32.2 Å². The van der Waals surface area contributed by atoms with E-state index in [0.717, 1.165) is 0 Å². The summed E-state index contributed by atoms with van der Waals surface area (Å²) < 4.78 is 48.5. The van der Waals surface area contributed by atoms with Gasteiger partial charge in [0.25, 0.3) is 0 Å². The summed E-state index contributed by atoms with van der Waals surface area (Å²) in [5.41, 5.74) is 5.94. The van der Waals surface area contributed by atoms with Crippen LogP contribution < -0.4 is 10.5 Å². The molecular formula is C11H12F3NO4. The maximum Gasteiger partial charge on any atom is 0.411 e. The number of halogens is 3. The highest BCUT2D eigenvalue weighted by molar-refractivity contribution is 5.71. The molecule has 1 rings (SSSR count). The molecule has 0 fully saturated rings. The molecule has 0 spiro atoms. The number of nitrogens with two attached hydrogens (primary N) is 1. The summed E-state index contributed by atoms with van der Waals surface area (Å²) in [6.07, 6.45) is -4.45. The summed E-state index contributed by atoms with van der Waals surface area (Å²) in [5.74, 6) is -0.488. The van der Waals surface area contributed by atoms with Crippen LogP contribution in [0.5, 0.6) is 5.75 Å². The molecular weight excluding hydrogens is 267 g/mol. The van der Waals surface area contributed by atoms with Crippen molar-refractivity contribution in [2.75, 3.05) is 25.7 Å². The van der Waals surface area contributed by atoms with Crippen LogP contribution in [0, 0.1) is 0 Å². The molecule has 0 amide bonds. The minimum Gasteiger partial charge on any atom is -0.482 e. The largest absolute Gasteiger partial charge is 0.482 e. The van der Waals surface area contributed by atoms with Gasteiger partial charge in [0, 0.05) is 11.8 Å². The first-order valence-electron chi connectivity index (χ1n) is 5.15. The van der Waals surface area contributed by atoms with E-state index in [1.165, 1.54) is 6.07 Å². The molecule has 0 aliphatic carbocycles. The van der Waals surface area contributed by atoms with Gasteiger partial charge in [-0.2, -0.15) is 13.2 Å². The lowest BCUT2D eigenvalue weighted by Crippen LogP contribution is -2.21. The van der Waals surface area contributed by atoms with Crippen molar-refractivity contribution < 1.29 is 32.2 Å². The van der Waals surface area contributed by atoms with Gasteiger partial charge in [-0.15, -0.1) is 0 Å². The summed E-state index contributed by atoms with van der Waals surface area (Å²) in [6, 6.07) is 6.33. The van der Waals surface area contributed by atoms with Gasteiger partial charge in [-0.3, -0.25) is 0 Å². The second-order valence-electron chi connectivity index (χ2n) is 3.46. The van der Waals surface area contributed by atoms with Crippen LogP contribution in [-0.2, 0) is 14.3 Å². The quantitative estimate of drug-likeness (QED) is 0.371. The lowest BCUT2D eigenvalue weighted by molar-refractivity contribution is -0.200. The molecule has 1 aromatic carbocycles. The number of benzene rings is 1. The van der Waals surface area contributed by atoms with E-state index in [2.05, 4.69) is 9.47 Å². The molecule has 0 aliphatic rings. The Morgan fingerprint density at radius 3 is 2.68 bits per heavy atom. The van der Waals surface area contributed by atoms with E-state index in [9.17, 15) is 18.0 Å². The summed E-state index contributed by atoms with van der Waals surface area (Å²) in [6.45, 7) is -2.70. The second kappa shape index (κ2) is 6.83. The first kappa shape index (κ1) is 15.1. The van der Waals surface area contributed by atoms with Gasteiger partial charge in [0.05, 0.1) is 0 Å². The minimum absolute atomic E-state index is 0.355. The Hall–Kier alpha value is -1.96. The van der Waals surface area contributed by atoms with E-state index in [-0.39, 0.29) is 0 Å². The van der Waals surface area contributed by atoms with Crippen molar-refractivity contribution in [1.82, 2.24) is 0 Å². The third kappa shape index (κ3) is 7.14. The van der Waals surface area contributed by atoms with E-state index >= 15 is 0 Å². The molecule has 0 atom stereocenters. The Balaban J connectivity index is 2.18. The minimum atomic E-state index is -4.45. The van der Waals surface area contributed by atoms with E-state index in [4.69, 9.17) is 10.5 Å². The molecule has 0 aromatic heterocycles. The average Bonchev–Trinajstić information content (AvgIpc) is 2.31. The monoisotopic (exact) mass is 279 g/mol. The van der Waals surface area contributed by atoms with Crippen molar-refractivity contribution in [3.8, 4) is 5.75 Å². The molecule has 0 radical (unpaired) electrons. The second-order valence-corrected chi connectivity index (χ2v) is 3.46. The molecule has 0 saturated carbocycles. The van der Waals surface area contributed by atoms with Gasteiger partial charge in [-0.05, 0) is 12.1 Å². The number of nitrogen functional groups attached to an aromatic ring is 1. The molecule has 0 aliphatic heterocycles. The lowest BCUT2D eigenvalue weighted by atomic mass is 10.3. The highest BCUT2D eigenvalue weighted by Crippen LogP contribution is 2.15. The van der Waals surface area contributed by atoms with Crippen LogP contribution in [0.15, 0.2) is 24.3 Å². The Morgan fingerprint density at radius 1 is 1.32 bits per heavy atom. The smallest absolute Gasteiger partial charge is 0.411 e. The standard InChI is InChI=1S/C11H12F3NO4/c12-11(13,14)6-17-7-19-10(16)5-18-9-3-1-2-8(15)4-9/h1-4H,5-7,15H2. The van der Waals surface area contributed by atoms with Crippen molar-refractivity contribution in [1.29, 1.82) is 0 Å². The van der Waals surface area contributed by atoms with Gasteiger partial charge in [-0.1, -0.05) is 6.07 Å². The number of anilines is 1. The predicted molar refractivity (Wildman–Crippen MR) is 59.3 cm³/mol. The molecule has 0 bridgehead atoms. The highest BCUT2D eigenvalue weighted by atomic mass is 19.4. The average molecular weight is 279 g/mol. The molecule has 106 valence electrons. The Kier molecular flexibility index (Phi) is 5.43. The van der Waals surface area contributed by atoms with Crippen molar-refractivity contribution in [2.45, 2.75) is 6.18 Å². The van der Waals surface area contributed by atoms with Crippen LogP contribution in [0.25, 0.3) is 0 Å². The molecule has 5 nitrogen and oxygen atoms in total. The Bertz CT molecular complexity index is 423. The fraction of sp³-hybridized carbons (Fsp3) is 0.364. The first-order valence-corrected chi connectivity index (χ1v) is 5.15. The number of ether oxygens (including phenoxy) is 3. The van der Waals surface area contributed by atoms with E-state index in [1.54, 1.807) is 18.2 Å². The fourth-order valence-corrected chi connectivity index (χ4v) is 1.05. The van der Waals surface area contributed by atoms with Crippen LogP contribution in [0.4, 0.5) is 18.9 Å². The summed E-state index contributed by atoms with van der Waals surface area (Å²) >= 11 is 0. The topological polar surface area (TPSA) is 70.8 Å². The normalized spacial score (nSPS) is 11.1. The molecule has 1 aromatic rings. The van der Waals surface area contributed by atoms with E-state index in [0.29, 0.717) is 11.4 Å². The number of hydrogen-bond acceptors (Lipinski definition) is 5. The SMILES string of the molecule is Nc1cccc(OCC(=O)OCOCC(F)(F)F)c1. The third-order valence-electron chi connectivity index (χ3n) is 1.78. The van der Waals surface area contributed by atoms with Gasteiger partial charge in [0.2, 0.25) is 0 Å². The van der Waals surface area contributed by atoms with Crippen LogP contribution in [0.3, 0.4) is 0 Å². The van der Waals surface area contributed by atoms with Gasteiger partial charge in [0.15, 0.2) is 13.4 Å². The van der Waals surface area contributed by atoms with Gasteiger partial charge >= 0.3 is 12.1 Å². The maximum atomic E-state index is 11.7. The fourth-order valence-electron chi connectivity index (χ4n) is 1.05. The van der Waals surface area contributed by atoms with Crippen LogP contribution in [-0.4, -0.2) is 32.2 Å². The number of hydrogen-bond donors (Lipinski definition) is 1.